The Morgan fingerprint density at radius 1 is 0.680 bits per heavy atom. The van der Waals surface area contributed by atoms with Crippen LogP contribution in [0.3, 0.4) is 0 Å². The summed E-state index contributed by atoms with van der Waals surface area (Å²) in [4.78, 5) is 25.8. The van der Waals surface area contributed by atoms with E-state index in [1.807, 2.05) is 0 Å². The summed E-state index contributed by atoms with van der Waals surface area (Å²) >= 11 is 0. The molecule has 0 bridgehead atoms. The number of esters is 2. The monoisotopic (exact) mass is 700 g/mol. The molecule has 7 nitrogen and oxygen atoms in total. The highest BCUT2D eigenvalue weighted by molar-refractivity contribution is 5.96. The summed E-state index contributed by atoms with van der Waals surface area (Å²) in [6, 6.07) is 16.4. The Hall–Kier alpha value is -3.63. The lowest BCUT2D eigenvalue weighted by Gasteiger charge is -2.36. The van der Waals surface area contributed by atoms with E-state index in [1.165, 1.54) is 50.7 Å². The van der Waals surface area contributed by atoms with Crippen LogP contribution in [0.15, 0.2) is 60.7 Å². The van der Waals surface area contributed by atoms with Crippen LogP contribution in [-0.4, -0.2) is 49.8 Å². The number of carbonyl (C=O) groups is 2. The number of carbonyl (C=O) groups excluding carboxylic acids is 2. The fourth-order valence-electron chi connectivity index (χ4n) is 5.94. The van der Waals surface area contributed by atoms with Crippen molar-refractivity contribution in [3.8, 4) is 11.5 Å². The normalized spacial score (nSPS) is 17.8. The van der Waals surface area contributed by atoms with E-state index >= 15 is 0 Å². The highest BCUT2D eigenvalue weighted by Gasteiger charge is 2.51. The van der Waals surface area contributed by atoms with Gasteiger partial charge in [-0.3, -0.25) is 0 Å². The van der Waals surface area contributed by atoms with E-state index in [4.69, 9.17) is 23.7 Å². The zero-order chi connectivity index (χ0) is 35.8. The first-order valence-corrected chi connectivity index (χ1v) is 18.2. The van der Waals surface area contributed by atoms with E-state index in [9.17, 15) is 22.8 Å². The molecular weight excluding hydrogens is 649 g/mol. The molecule has 0 N–H and O–H groups in total. The highest BCUT2D eigenvalue weighted by atomic mass is 19.4. The number of fused-ring (bicyclic) bond motifs is 1. The predicted octanol–water partition coefficient (Wildman–Crippen LogP) is 10.8. The van der Waals surface area contributed by atoms with Crippen molar-refractivity contribution in [2.75, 3.05) is 13.2 Å². The lowest BCUT2D eigenvalue weighted by atomic mass is 10.0. The van der Waals surface area contributed by atoms with E-state index < -0.39 is 36.6 Å². The molecule has 0 amide bonds. The molecule has 50 heavy (non-hydrogen) atoms. The van der Waals surface area contributed by atoms with Gasteiger partial charge in [0, 0.05) is 13.0 Å². The van der Waals surface area contributed by atoms with Gasteiger partial charge in [0.1, 0.15) is 17.6 Å². The molecule has 10 heteroatoms. The molecule has 0 aliphatic carbocycles. The number of hydrogen-bond donors (Lipinski definition) is 0. The molecule has 1 aliphatic rings. The van der Waals surface area contributed by atoms with Crippen molar-refractivity contribution < 1.29 is 46.4 Å². The maximum atomic E-state index is 13.9. The first kappa shape index (κ1) is 39.2. The van der Waals surface area contributed by atoms with Gasteiger partial charge in [0.05, 0.1) is 17.7 Å². The van der Waals surface area contributed by atoms with Crippen LogP contribution < -0.4 is 9.47 Å². The van der Waals surface area contributed by atoms with Crippen molar-refractivity contribution in [3.63, 3.8) is 0 Å². The molecule has 1 aliphatic heterocycles. The summed E-state index contributed by atoms with van der Waals surface area (Å²) in [5, 5.41) is 1.30. The molecule has 1 saturated heterocycles. The van der Waals surface area contributed by atoms with E-state index in [-0.39, 0.29) is 18.4 Å². The van der Waals surface area contributed by atoms with Crippen LogP contribution in [0.1, 0.15) is 124 Å². The molecule has 3 atom stereocenters. The number of benzene rings is 3. The van der Waals surface area contributed by atoms with E-state index in [1.54, 1.807) is 48.5 Å². The van der Waals surface area contributed by atoms with Gasteiger partial charge in [-0.25, -0.2) is 9.59 Å². The third-order valence-corrected chi connectivity index (χ3v) is 8.82. The van der Waals surface area contributed by atoms with Crippen molar-refractivity contribution in [1.82, 2.24) is 0 Å². The van der Waals surface area contributed by atoms with Gasteiger partial charge < -0.3 is 23.7 Å². The van der Waals surface area contributed by atoms with Crippen LogP contribution in [0, 0.1) is 0 Å². The summed E-state index contributed by atoms with van der Waals surface area (Å²) in [5.74, 6) is -0.408. The smallest absolute Gasteiger partial charge is 0.418 e. The molecule has 0 radical (unpaired) electrons. The van der Waals surface area contributed by atoms with Crippen molar-refractivity contribution in [2.45, 2.75) is 128 Å². The summed E-state index contributed by atoms with van der Waals surface area (Å²) in [5.41, 5.74) is 0.471. The Morgan fingerprint density at radius 3 is 1.96 bits per heavy atom. The van der Waals surface area contributed by atoms with Crippen molar-refractivity contribution in [1.29, 1.82) is 0 Å². The first-order chi connectivity index (χ1) is 24.2. The Balaban J connectivity index is 1.25. The molecule has 3 aromatic rings. The van der Waals surface area contributed by atoms with Crippen LogP contribution in [0.25, 0.3) is 10.8 Å². The SMILES string of the molecule is CCCCCCCCCCOc1ccc(C(=O)Oc2ccc3cc(C(=O)O[C@@H]4CC[C@H](OCCCCCC)O[C@H]4C(F)(F)F)ccc3c2)cc1. The third-order valence-electron chi connectivity index (χ3n) is 8.82. The van der Waals surface area contributed by atoms with Gasteiger partial charge in [-0.05, 0) is 78.6 Å². The Bertz CT molecular complexity index is 1470. The topological polar surface area (TPSA) is 80.3 Å². The molecule has 0 aromatic heterocycles. The van der Waals surface area contributed by atoms with Gasteiger partial charge >= 0.3 is 18.1 Å². The lowest BCUT2D eigenvalue weighted by Crippen LogP contribution is -2.50. The summed E-state index contributed by atoms with van der Waals surface area (Å²) in [6.45, 7) is 5.25. The fourth-order valence-corrected chi connectivity index (χ4v) is 5.94. The number of ether oxygens (including phenoxy) is 5. The maximum absolute atomic E-state index is 13.9. The zero-order valence-electron chi connectivity index (χ0n) is 29.3. The molecule has 1 heterocycles. The van der Waals surface area contributed by atoms with E-state index in [2.05, 4.69) is 13.8 Å². The fraction of sp³-hybridized carbons (Fsp3) is 0.550. The average molecular weight is 701 g/mol. The molecule has 1 fully saturated rings. The summed E-state index contributed by atoms with van der Waals surface area (Å²) < 4.78 is 69.1. The minimum absolute atomic E-state index is 0.0348. The largest absolute Gasteiger partial charge is 0.494 e. The van der Waals surface area contributed by atoms with Crippen molar-refractivity contribution >= 4 is 22.7 Å². The van der Waals surface area contributed by atoms with Crippen molar-refractivity contribution in [3.05, 3.63) is 71.8 Å². The third kappa shape index (κ3) is 12.6. The molecule has 0 saturated carbocycles. The molecule has 4 rings (SSSR count). The Labute approximate surface area is 293 Å². The van der Waals surface area contributed by atoms with Crippen LogP contribution in [-0.2, 0) is 14.2 Å². The number of halogens is 3. The second-order valence-corrected chi connectivity index (χ2v) is 12.9. The maximum Gasteiger partial charge on any atom is 0.418 e. The van der Waals surface area contributed by atoms with Gasteiger partial charge in [-0.1, -0.05) is 90.2 Å². The lowest BCUT2D eigenvalue weighted by molar-refractivity contribution is -0.311. The molecule has 3 aromatic carbocycles. The predicted molar refractivity (Wildman–Crippen MR) is 187 cm³/mol. The number of alkyl halides is 3. The van der Waals surface area contributed by atoms with Crippen LogP contribution in [0.5, 0.6) is 11.5 Å². The first-order valence-electron chi connectivity index (χ1n) is 18.2. The average Bonchev–Trinajstić information content (AvgIpc) is 3.11. The van der Waals surface area contributed by atoms with Gasteiger partial charge in [0.2, 0.25) is 0 Å². The standard InChI is InChI=1S/C40H51F3O7/c1-3-5-7-9-10-11-12-14-25-46-33-20-17-29(18-21-33)38(44)48-34-22-19-30-27-32(16-15-31(30)28-34)39(45)49-35-23-24-36(47-26-13-8-6-4-2)50-37(35)40(41,42)43/h15-22,27-28,35-37H,3-14,23-26H2,1-2H3/t35-,36-,37-/m1/s1. The van der Waals surface area contributed by atoms with E-state index in [0.29, 0.717) is 41.0 Å². The summed E-state index contributed by atoms with van der Waals surface area (Å²) in [6.07, 6.45) is 4.24. The second-order valence-electron chi connectivity index (χ2n) is 12.9. The Kier molecular flexibility index (Phi) is 15.9. The van der Waals surface area contributed by atoms with Crippen molar-refractivity contribution in [2.24, 2.45) is 0 Å². The number of unbranched alkanes of at least 4 members (excludes halogenated alkanes) is 10. The second kappa shape index (κ2) is 20.3. The molecule has 274 valence electrons. The van der Waals surface area contributed by atoms with Crippen LogP contribution in [0.2, 0.25) is 0 Å². The van der Waals surface area contributed by atoms with E-state index in [0.717, 1.165) is 38.5 Å². The van der Waals surface area contributed by atoms with Gasteiger partial charge in [0.25, 0.3) is 0 Å². The minimum atomic E-state index is -4.73. The van der Waals surface area contributed by atoms with Gasteiger partial charge in [-0.15, -0.1) is 0 Å². The Morgan fingerprint density at radius 2 is 1.26 bits per heavy atom. The quantitative estimate of drug-likeness (QED) is 0.0659. The molecule has 0 unspecified atom stereocenters. The van der Waals surface area contributed by atoms with Crippen LogP contribution in [0.4, 0.5) is 13.2 Å². The zero-order valence-corrected chi connectivity index (χ0v) is 29.3. The number of rotatable bonds is 20. The molecular formula is C40H51F3O7. The molecule has 0 spiro atoms. The highest BCUT2D eigenvalue weighted by Crippen LogP contribution is 2.35. The minimum Gasteiger partial charge on any atom is -0.494 e. The van der Waals surface area contributed by atoms with Crippen LogP contribution >= 0.6 is 0 Å². The summed E-state index contributed by atoms with van der Waals surface area (Å²) in [7, 11) is 0. The van der Waals surface area contributed by atoms with Gasteiger partial charge in [-0.2, -0.15) is 13.2 Å². The number of hydrogen-bond acceptors (Lipinski definition) is 7. The van der Waals surface area contributed by atoms with Gasteiger partial charge in [0.15, 0.2) is 12.4 Å².